The van der Waals surface area contributed by atoms with E-state index < -0.39 is 28.3 Å². The summed E-state index contributed by atoms with van der Waals surface area (Å²) in [5, 5.41) is 0. The van der Waals surface area contributed by atoms with Crippen molar-refractivity contribution in [2.45, 2.75) is 41.0 Å². The van der Waals surface area contributed by atoms with Crippen molar-refractivity contribution in [3.8, 4) is 0 Å². The molecule has 0 aliphatic rings. The second-order valence-electron chi connectivity index (χ2n) is 4.22. The van der Waals surface area contributed by atoms with Crippen LogP contribution < -0.4 is 0 Å². The van der Waals surface area contributed by atoms with E-state index in [0.717, 1.165) is 0 Å². The molecular formula is C10H20F3ISn. The average molecular weight is 443 g/mol. The summed E-state index contributed by atoms with van der Waals surface area (Å²) in [6.45, 7) is 2.23. The van der Waals surface area contributed by atoms with Crippen molar-refractivity contribution < 1.29 is 13.2 Å². The van der Waals surface area contributed by atoms with Gasteiger partial charge in [-0.25, -0.2) is 0 Å². The van der Waals surface area contributed by atoms with E-state index in [1.54, 1.807) is 14.8 Å². The Morgan fingerprint density at radius 1 is 1.07 bits per heavy atom. The molecule has 0 N–H and O–H groups in total. The van der Waals surface area contributed by atoms with Gasteiger partial charge >= 0.3 is 56.3 Å². The summed E-state index contributed by atoms with van der Waals surface area (Å²) in [5.74, 6) is 0. The summed E-state index contributed by atoms with van der Waals surface area (Å²) < 4.78 is 35.4. The molecule has 0 aliphatic carbocycles. The number of unbranched alkanes of at least 4 members (excludes halogenated alkanes) is 2. The number of rotatable bonds is 4. The zero-order valence-corrected chi connectivity index (χ0v) is 14.9. The molecule has 15 heavy (non-hydrogen) atoms. The summed E-state index contributed by atoms with van der Waals surface area (Å²) in [5.41, 5.74) is 0. The van der Waals surface area contributed by atoms with Gasteiger partial charge in [-0.05, 0) is 10.8 Å². The Balaban J connectivity index is 0. The second-order valence-corrected chi connectivity index (χ2v) is 19.4. The van der Waals surface area contributed by atoms with Crippen LogP contribution >= 0.6 is 22.6 Å². The van der Waals surface area contributed by atoms with Gasteiger partial charge in [0.05, 0.1) is 0 Å². The Bertz CT molecular complexity index is 180. The topological polar surface area (TPSA) is 0 Å². The SMILES string of the molecule is CCCCCI.[CH3][Sn]([CH3])([CH3])[C](F)=C(F)F. The number of alkyl halides is 1. The maximum atomic E-state index is 12.3. The van der Waals surface area contributed by atoms with Crippen molar-refractivity contribution in [2.75, 3.05) is 4.43 Å². The van der Waals surface area contributed by atoms with Gasteiger partial charge in [-0.2, -0.15) is 0 Å². The fourth-order valence-corrected chi connectivity index (χ4v) is 2.79. The number of halogens is 4. The fourth-order valence-electron chi connectivity index (χ4n) is 0.628. The summed E-state index contributed by atoms with van der Waals surface area (Å²) in [6, 6.07) is 0. The summed E-state index contributed by atoms with van der Waals surface area (Å²) in [7, 11) is 0. The van der Waals surface area contributed by atoms with E-state index in [1.165, 1.54) is 23.7 Å². The van der Waals surface area contributed by atoms with Crippen LogP contribution in [0, 0.1) is 0 Å². The van der Waals surface area contributed by atoms with E-state index >= 15 is 0 Å². The molecule has 0 unspecified atom stereocenters. The Hall–Kier alpha value is 1.06. The molecule has 0 radical (unpaired) electrons. The molecule has 0 fully saturated rings. The van der Waals surface area contributed by atoms with Crippen LogP contribution in [0.25, 0.3) is 0 Å². The summed E-state index contributed by atoms with van der Waals surface area (Å²) in [6.07, 6.45) is 2.03. The molecule has 0 spiro atoms. The predicted molar refractivity (Wildman–Crippen MR) is 72.1 cm³/mol. The standard InChI is InChI=1S/C5H11I.C2F3.3CH3.Sn/c1-2-3-4-5-6;3-1-2(4)5;;;;/h2-5H2,1H3;;3*1H3;. The minimum atomic E-state index is -3.03. The zero-order chi connectivity index (χ0) is 12.5. The van der Waals surface area contributed by atoms with Crippen LogP contribution in [-0.4, -0.2) is 22.8 Å². The Labute approximate surface area is 109 Å². The van der Waals surface area contributed by atoms with Crippen molar-refractivity contribution in [1.29, 1.82) is 0 Å². The Kier molecular flexibility index (Phi) is 12.6. The van der Waals surface area contributed by atoms with Crippen molar-refractivity contribution in [2.24, 2.45) is 0 Å². The quantitative estimate of drug-likeness (QED) is 0.232. The van der Waals surface area contributed by atoms with E-state index in [-0.39, 0.29) is 0 Å². The van der Waals surface area contributed by atoms with Gasteiger partial charge in [0.2, 0.25) is 0 Å². The van der Waals surface area contributed by atoms with E-state index in [4.69, 9.17) is 0 Å². The van der Waals surface area contributed by atoms with E-state index in [0.29, 0.717) is 0 Å². The van der Waals surface area contributed by atoms with Crippen LogP contribution in [-0.2, 0) is 0 Å². The Morgan fingerprint density at radius 2 is 1.53 bits per heavy atom. The van der Waals surface area contributed by atoms with Gasteiger partial charge < -0.3 is 0 Å². The third-order valence-corrected chi connectivity index (χ3v) is 6.62. The molecule has 0 saturated heterocycles. The normalized spacial score (nSPS) is 10.4. The summed E-state index contributed by atoms with van der Waals surface area (Å²) in [4.78, 5) is 4.80. The van der Waals surface area contributed by atoms with Gasteiger partial charge in [0.15, 0.2) is 0 Å². The van der Waals surface area contributed by atoms with Crippen LogP contribution in [0.3, 0.4) is 0 Å². The molecule has 0 aromatic heterocycles. The molecule has 0 aromatic carbocycles. The van der Waals surface area contributed by atoms with Crippen molar-refractivity contribution in [1.82, 2.24) is 0 Å². The van der Waals surface area contributed by atoms with Crippen LogP contribution in [0.15, 0.2) is 9.92 Å². The third-order valence-electron chi connectivity index (χ3n) is 1.56. The van der Waals surface area contributed by atoms with Gasteiger partial charge in [-0.3, -0.25) is 0 Å². The van der Waals surface area contributed by atoms with E-state index in [1.807, 2.05) is 0 Å². The molecular weight excluding hydrogens is 423 g/mol. The van der Waals surface area contributed by atoms with Crippen molar-refractivity contribution in [3.05, 3.63) is 9.92 Å². The molecule has 92 valence electrons. The molecule has 0 amide bonds. The average Bonchev–Trinajstić information content (AvgIpc) is 2.13. The van der Waals surface area contributed by atoms with Gasteiger partial charge in [-0.15, -0.1) is 0 Å². The predicted octanol–water partition coefficient (Wildman–Crippen LogP) is 5.55. The fraction of sp³-hybridized carbons (Fsp3) is 0.800. The number of hydrogen-bond acceptors (Lipinski definition) is 0. The maximum absolute atomic E-state index is 12.3. The zero-order valence-electron chi connectivity index (χ0n) is 9.84. The summed E-state index contributed by atoms with van der Waals surface area (Å²) >= 11 is -0.618. The van der Waals surface area contributed by atoms with Crippen LogP contribution in [0.4, 0.5) is 13.2 Å². The minimum absolute atomic E-state index is 1.12. The van der Waals surface area contributed by atoms with Gasteiger partial charge in [0, 0.05) is 0 Å². The Morgan fingerprint density at radius 3 is 1.60 bits per heavy atom. The van der Waals surface area contributed by atoms with Crippen molar-refractivity contribution >= 4 is 41.0 Å². The molecule has 0 saturated carbocycles. The first-order chi connectivity index (χ1) is 6.77. The van der Waals surface area contributed by atoms with Gasteiger partial charge in [-0.1, -0.05) is 42.4 Å². The van der Waals surface area contributed by atoms with E-state index in [2.05, 4.69) is 29.5 Å². The second kappa shape index (κ2) is 10.2. The molecule has 0 atom stereocenters. The van der Waals surface area contributed by atoms with Crippen molar-refractivity contribution in [3.63, 3.8) is 0 Å². The number of hydrogen-bond donors (Lipinski definition) is 0. The van der Waals surface area contributed by atoms with Crippen LogP contribution in [0.5, 0.6) is 0 Å². The van der Waals surface area contributed by atoms with Crippen LogP contribution in [0.1, 0.15) is 26.2 Å². The van der Waals surface area contributed by atoms with E-state index in [9.17, 15) is 13.2 Å². The monoisotopic (exact) mass is 444 g/mol. The third kappa shape index (κ3) is 13.0. The first-order valence-electron chi connectivity index (χ1n) is 5.04. The molecule has 0 rings (SSSR count). The molecule has 0 heterocycles. The van der Waals surface area contributed by atoms with Crippen LogP contribution in [0.2, 0.25) is 14.8 Å². The van der Waals surface area contributed by atoms with Gasteiger partial charge in [0.1, 0.15) is 0 Å². The first-order valence-corrected chi connectivity index (χ1v) is 16.6. The molecule has 5 heteroatoms. The molecule has 0 aromatic rings. The van der Waals surface area contributed by atoms with Gasteiger partial charge in [0.25, 0.3) is 0 Å². The molecule has 0 aliphatic heterocycles. The molecule has 0 nitrogen and oxygen atoms in total. The molecule has 0 bridgehead atoms. The first kappa shape index (κ1) is 18.4.